The van der Waals surface area contributed by atoms with Crippen LogP contribution in [0, 0.1) is 0 Å². The second kappa shape index (κ2) is 9.07. The zero-order valence-electron chi connectivity index (χ0n) is 15.5. The van der Waals surface area contributed by atoms with Gasteiger partial charge in [-0.15, -0.1) is 0 Å². The molecular weight excluding hydrogens is 342 g/mol. The number of carbonyl (C=O) groups excluding carboxylic acids is 2. The molecular formula is C21H25N3O3. The number of fused-ring (bicyclic) bond motifs is 1. The van der Waals surface area contributed by atoms with E-state index in [2.05, 4.69) is 40.7 Å². The van der Waals surface area contributed by atoms with Crippen LogP contribution in [0.15, 0.2) is 54.6 Å². The van der Waals surface area contributed by atoms with Gasteiger partial charge in [0, 0.05) is 24.8 Å². The molecule has 0 aromatic heterocycles. The minimum atomic E-state index is -0.601. The molecule has 0 fully saturated rings. The largest absolute Gasteiger partial charge is 0.445 e. The molecule has 1 aliphatic heterocycles. The van der Waals surface area contributed by atoms with Gasteiger partial charge in [0.05, 0.1) is 6.54 Å². The lowest BCUT2D eigenvalue weighted by atomic mass is 10.1. The maximum Gasteiger partial charge on any atom is 0.407 e. The molecule has 2 N–H and O–H groups in total. The lowest BCUT2D eigenvalue weighted by Crippen LogP contribution is -2.41. The van der Waals surface area contributed by atoms with Gasteiger partial charge < -0.3 is 20.3 Å². The summed E-state index contributed by atoms with van der Waals surface area (Å²) in [6.07, 6.45) is 0.426. The zero-order chi connectivity index (χ0) is 19.1. The van der Waals surface area contributed by atoms with Crippen molar-refractivity contribution < 1.29 is 14.3 Å². The number of ether oxygens (including phenoxy) is 1. The monoisotopic (exact) mass is 367 g/mol. The van der Waals surface area contributed by atoms with Gasteiger partial charge in [-0.2, -0.15) is 0 Å². The van der Waals surface area contributed by atoms with E-state index in [0.717, 1.165) is 18.5 Å². The van der Waals surface area contributed by atoms with Crippen molar-refractivity contribution >= 4 is 17.7 Å². The van der Waals surface area contributed by atoms with Crippen molar-refractivity contribution in [3.8, 4) is 0 Å². The van der Waals surface area contributed by atoms with E-state index >= 15 is 0 Å². The maximum atomic E-state index is 11.9. The summed E-state index contributed by atoms with van der Waals surface area (Å²) >= 11 is 0. The molecule has 3 rings (SSSR count). The molecule has 2 aromatic rings. The molecule has 27 heavy (non-hydrogen) atoms. The van der Waals surface area contributed by atoms with Crippen molar-refractivity contribution in [3.05, 3.63) is 65.7 Å². The molecule has 6 nitrogen and oxygen atoms in total. The van der Waals surface area contributed by atoms with Crippen LogP contribution in [0.4, 0.5) is 10.5 Å². The SMILES string of the molecule is CC1Cc2ccccc2N1CCNC(=O)CNC(=O)OCc1ccccc1. The number of amides is 2. The van der Waals surface area contributed by atoms with Gasteiger partial charge in [0.15, 0.2) is 0 Å². The van der Waals surface area contributed by atoms with E-state index in [1.807, 2.05) is 36.4 Å². The summed E-state index contributed by atoms with van der Waals surface area (Å²) < 4.78 is 5.08. The fourth-order valence-corrected chi connectivity index (χ4v) is 3.28. The summed E-state index contributed by atoms with van der Waals surface area (Å²) in [5.74, 6) is -0.230. The minimum Gasteiger partial charge on any atom is -0.445 e. The molecule has 2 amide bonds. The highest BCUT2D eigenvalue weighted by Crippen LogP contribution is 2.31. The Morgan fingerprint density at radius 2 is 1.81 bits per heavy atom. The number of para-hydroxylation sites is 1. The molecule has 0 saturated carbocycles. The van der Waals surface area contributed by atoms with E-state index in [9.17, 15) is 9.59 Å². The molecule has 1 aliphatic rings. The molecule has 0 aliphatic carbocycles. The number of anilines is 1. The third-order valence-electron chi connectivity index (χ3n) is 4.63. The maximum absolute atomic E-state index is 11.9. The van der Waals surface area contributed by atoms with Crippen LogP contribution >= 0.6 is 0 Å². The Morgan fingerprint density at radius 1 is 1.07 bits per heavy atom. The fraction of sp³-hybridized carbons (Fsp3) is 0.333. The number of rotatable bonds is 7. The molecule has 142 valence electrons. The normalized spacial score (nSPS) is 15.1. The second-order valence-corrected chi connectivity index (χ2v) is 6.64. The van der Waals surface area contributed by atoms with E-state index in [1.165, 1.54) is 11.3 Å². The van der Waals surface area contributed by atoms with Crippen LogP contribution in [0.3, 0.4) is 0 Å². The molecule has 2 aromatic carbocycles. The van der Waals surface area contributed by atoms with Crippen LogP contribution in [-0.4, -0.2) is 37.7 Å². The Labute approximate surface area is 159 Å². The van der Waals surface area contributed by atoms with Gasteiger partial charge in [-0.1, -0.05) is 48.5 Å². The number of nitrogens with one attached hydrogen (secondary N) is 2. The third kappa shape index (κ3) is 5.23. The first-order chi connectivity index (χ1) is 13.1. The first-order valence-corrected chi connectivity index (χ1v) is 9.19. The van der Waals surface area contributed by atoms with Gasteiger partial charge in [-0.3, -0.25) is 4.79 Å². The number of benzene rings is 2. The van der Waals surface area contributed by atoms with Gasteiger partial charge in [0.1, 0.15) is 6.61 Å². The molecule has 6 heteroatoms. The Kier molecular flexibility index (Phi) is 6.30. The lowest BCUT2D eigenvalue weighted by Gasteiger charge is -2.25. The van der Waals surface area contributed by atoms with Gasteiger partial charge in [-0.25, -0.2) is 4.79 Å². The summed E-state index contributed by atoms with van der Waals surface area (Å²) in [7, 11) is 0. The third-order valence-corrected chi connectivity index (χ3v) is 4.63. The highest BCUT2D eigenvalue weighted by molar-refractivity contribution is 5.82. The van der Waals surface area contributed by atoms with Crippen LogP contribution in [0.2, 0.25) is 0 Å². The summed E-state index contributed by atoms with van der Waals surface area (Å²) in [4.78, 5) is 25.9. The van der Waals surface area contributed by atoms with Crippen molar-refractivity contribution in [3.63, 3.8) is 0 Å². The molecule has 1 unspecified atom stereocenters. The first kappa shape index (κ1) is 18.8. The van der Waals surface area contributed by atoms with Crippen LogP contribution < -0.4 is 15.5 Å². The molecule has 0 spiro atoms. The zero-order valence-corrected chi connectivity index (χ0v) is 15.5. The summed E-state index contributed by atoms with van der Waals surface area (Å²) in [5, 5.41) is 5.31. The summed E-state index contributed by atoms with van der Waals surface area (Å²) in [6, 6.07) is 18.2. The Bertz CT molecular complexity index is 779. The van der Waals surface area contributed by atoms with Gasteiger partial charge in [0.25, 0.3) is 0 Å². The number of alkyl carbamates (subject to hydrolysis) is 1. The predicted molar refractivity (Wildman–Crippen MR) is 105 cm³/mol. The second-order valence-electron chi connectivity index (χ2n) is 6.64. The summed E-state index contributed by atoms with van der Waals surface area (Å²) in [5.41, 5.74) is 3.48. The number of nitrogens with zero attached hydrogens (tertiary/aromatic N) is 1. The van der Waals surface area contributed by atoms with Crippen LogP contribution in [-0.2, 0) is 22.6 Å². The predicted octanol–water partition coefficient (Wildman–Crippen LogP) is 2.48. The molecule has 0 bridgehead atoms. The Morgan fingerprint density at radius 3 is 2.63 bits per heavy atom. The quantitative estimate of drug-likeness (QED) is 0.789. The van der Waals surface area contributed by atoms with Crippen LogP contribution in [0.5, 0.6) is 0 Å². The standard InChI is InChI=1S/C21H25N3O3/c1-16-13-18-9-5-6-10-19(18)24(16)12-11-22-20(25)14-23-21(26)27-15-17-7-3-2-4-8-17/h2-10,16H,11-15H2,1H3,(H,22,25)(H,23,26). The number of hydrogen-bond donors (Lipinski definition) is 2. The van der Waals surface area contributed by atoms with Crippen molar-refractivity contribution in [1.82, 2.24) is 10.6 Å². The first-order valence-electron chi connectivity index (χ1n) is 9.19. The average Bonchev–Trinajstić information content (AvgIpc) is 3.01. The van der Waals surface area contributed by atoms with Gasteiger partial charge in [-0.05, 0) is 30.5 Å². The highest BCUT2D eigenvalue weighted by atomic mass is 16.5. The Hall–Kier alpha value is -3.02. The van der Waals surface area contributed by atoms with Crippen molar-refractivity contribution in [2.45, 2.75) is 26.0 Å². The van der Waals surface area contributed by atoms with E-state index in [4.69, 9.17) is 4.74 Å². The number of hydrogen-bond acceptors (Lipinski definition) is 4. The molecule has 0 saturated heterocycles. The Balaban J connectivity index is 1.33. The van der Waals surface area contributed by atoms with Gasteiger partial charge in [0.2, 0.25) is 5.91 Å². The topological polar surface area (TPSA) is 70.7 Å². The van der Waals surface area contributed by atoms with E-state index in [-0.39, 0.29) is 19.1 Å². The van der Waals surface area contributed by atoms with Crippen LogP contribution in [0.1, 0.15) is 18.1 Å². The van der Waals surface area contributed by atoms with Crippen molar-refractivity contribution in [2.24, 2.45) is 0 Å². The molecule has 1 atom stereocenters. The lowest BCUT2D eigenvalue weighted by molar-refractivity contribution is -0.120. The highest BCUT2D eigenvalue weighted by Gasteiger charge is 2.24. The summed E-state index contributed by atoms with van der Waals surface area (Å²) in [6.45, 7) is 3.53. The molecule has 1 heterocycles. The number of carbonyl (C=O) groups is 2. The van der Waals surface area contributed by atoms with E-state index < -0.39 is 6.09 Å². The van der Waals surface area contributed by atoms with Crippen LogP contribution in [0.25, 0.3) is 0 Å². The average molecular weight is 367 g/mol. The van der Waals surface area contributed by atoms with Crippen molar-refractivity contribution in [1.29, 1.82) is 0 Å². The van der Waals surface area contributed by atoms with E-state index in [1.54, 1.807) is 0 Å². The van der Waals surface area contributed by atoms with E-state index in [0.29, 0.717) is 12.6 Å². The smallest absolute Gasteiger partial charge is 0.407 e. The van der Waals surface area contributed by atoms with Gasteiger partial charge >= 0.3 is 6.09 Å². The molecule has 0 radical (unpaired) electrons. The van der Waals surface area contributed by atoms with Crippen molar-refractivity contribution in [2.75, 3.05) is 24.5 Å². The fourth-order valence-electron chi connectivity index (χ4n) is 3.28. The minimum absolute atomic E-state index is 0.0975.